The van der Waals surface area contributed by atoms with E-state index in [1.165, 1.54) is 4.68 Å². The summed E-state index contributed by atoms with van der Waals surface area (Å²) in [4.78, 5) is 11.4. The summed E-state index contributed by atoms with van der Waals surface area (Å²) in [6.07, 6.45) is 0.665. The number of aliphatic hydroxyl groups is 1. The summed E-state index contributed by atoms with van der Waals surface area (Å²) in [7, 11) is 0. The van der Waals surface area contributed by atoms with Crippen molar-refractivity contribution in [1.29, 1.82) is 0 Å². The highest BCUT2D eigenvalue weighted by molar-refractivity contribution is 5.91. The Bertz CT molecular complexity index is 783. The van der Waals surface area contributed by atoms with E-state index in [4.69, 9.17) is 5.11 Å². The molecule has 0 bridgehead atoms. The molecule has 0 amide bonds. The number of carbonyl (C=O) groups is 1. The van der Waals surface area contributed by atoms with E-state index in [0.717, 1.165) is 22.4 Å². The third-order valence-electron chi connectivity index (χ3n) is 3.52. The molecule has 0 atom stereocenters. The molecule has 2 N–H and O–H groups in total. The Hall–Kier alpha value is -2.92. The summed E-state index contributed by atoms with van der Waals surface area (Å²) < 4.78 is 1.28. The molecule has 3 aromatic rings. The molecule has 0 fully saturated rings. The van der Waals surface area contributed by atoms with E-state index in [1.54, 1.807) is 0 Å². The molecule has 3 rings (SSSR count). The number of aromatic nitrogens is 2. The van der Waals surface area contributed by atoms with Gasteiger partial charge in [0, 0.05) is 12.1 Å². The van der Waals surface area contributed by atoms with Gasteiger partial charge >= 0.3 is 0 Å². The summed E-state index contributed by atoms with van der Waals surface area (Å²) in [5.41, 5.74) is 3.46. The van der Waals surface area contributed by atoms with Crippen molar-refractivity contribution in [2.24, 2.45) is 0 Å². The number of rotatable bonds is 6. The van der Waals surface area contributed by atoms with Gasteiger partial charge in [0.15, 0.2) is 0 Å². The molecule has 0 aliphatic carbocycles. The predicted octanol–water partition coefficient (Wildman–Crippen LogP) is 2.66. The molecule has 0 aliphatic rings. The highest BCUT2D eigenvalue weighted by Gasteiger charge is 2.20. The fourth-order valence-corrected chi connectivity index (χ4v) is 2.53. The van der Waals surface area contributed by atoms with Crippen LogP contribution in [0, 0.1) is 0 Å². The normalized spacial score (nSPS) is 10.5. The molecule has 2 aromatic carbocycles. The second kappa shape index (κ2) is 6.89. The summed E-state index contributed by atoms with van der Waals surface area (Å²) in [6.45, 7) is 0.312. The van der Waals surface area contributed by atoms with Crippen molar-refractivity contribution in [3.05, 3.63) is 60.7 Å². The van der Waals surface area contributed by atoms with Gasteiger partial charge < -0.3 is 10.4 Å². The highest BCUT2D eigenvalue weighted by atomic mass is 16.3. The Kier molecular flexibility index (Phi) is 4.49. The van der Waals surface area contributed by atoms with Crippen molar-refractivity contribution in [3.8, 4) is 22.4 Å². The first-order valence-corrected chi connectivity index (χ1v) is 7.38. The standard InChI is InChI=1S/C18H17N3O2/c22-12-11-19-18-16(14-7-3-1-4-8-14)17(20-21(18)13-23)15-9-5-2-6-10-15/h1-10,13,19,22H,11-12H2. The van der Waals surface area contributed by atoms with E-state index < -0.39 is 0 Å². The lowest BCUT2D eigenvalue weighted by Crippen LogP contribution is -2.11. The van der Waals surface area contributed by atoms with E-state index >= 15 is 0 Å². The molecule has 0 unspecified atom stereocenters. The Labute approximate surface area is 134 Å². The van der Waals surface area contributed by atoms with Gasteiger partial charge in [-0.25, -0.2) is 0 Å². The van der Waals surface area contributed by atoms with E-state index in [-0.39, 0.29) is 6.61 Å². The van der Waals surface area contributed by atoms with Crippen molar-refractivity contribution in [1.82, 2.24) is 9.78 Å². The minimum Gasteiger partial charge on any atom is -0.395 e. The molecule has 0 saturated carbocycles. The van der Waals surface area contributed by atoms with Crippen LogP contribution in [-0.4, -0.2) is 34.4 Å². The molecule has 0 aliphatic heterocycles. The number of benzene rings is 2. The number of carbonyl (C=O) groups excluding carboxylic acids is 1. The average molecular weight is 307 g/mol. The van der Waals surface area contributed by atoms with E-state index in [0.29, 0.717) is 18.8 Å². The minimum absolute atomic E-state index is 0.0288. The molecular weight excluding hydrogens is 290 g/mol. The number of aliphatic hydroxyl groups excluding tert-OH is 1. The van der Waals surface area contributed by atoms with Gasteiger partial charge in [0.1, 0.15) is 11.5 Å². The van der Waals surface area contributed by atoms with Crippen LogP contribution in [0.25, 0.3) is 22.4 Å². The summed E-state index contributed by atoms with van der Waals surface area (Å²) in [6, 6.07) is 19.5. The lowest BCUT2D eigenvalue weighted by Gasteiger charge is -2.09. The van der Waals surface area contributed by atoms with Gasteiger partial charge in [0.05, 0.1) is 12.2 Å². The van der Waals surface area contributed by atoms with Crippen LogP contribution in [0.1, 0.15) is 0 Å². The van der Waals surface area contributed by atoms with Gasteiger partial charge in [0.25, 0.3) is 0 Å². The van der Waals surface area contributed by atoms with Gasteiger partial charge in [0.2, 0.25) is 6.41 Å². The zero-order chi connectivity index (χ0) is 16.1. The van der Waals surface area contributed by atoms with Crippen LogP contribution < -0.4 is 5.32 Å². The van der Waals surface area contributed by atoms with Crippen molar-refractivity contribution >= 4 is 12.2 Å². The first-order valence-electron chi connectivity index (χ1n) is 7.38. The summed E-state index contributed by atoms with van der Waals surface area (Å²) >= 11 is 0. The van der Waals surface area contributed by atoms with Gasteiger partial charge in [-0.3, -0.25) is 4.79 Å². The van der Waals surface area contributed by atoms with Crippen LogP contribution >= 0.6 is 0 Å². The van der Waals surface area contributed by atoms with Crippen LogP contribution in [-0.2, 0) is 4.79 Å². The van der Waals surface area contributed by atoms with Crippen LogP contribution in [0.5, 0.6) is 0 Å². The zero-order valence-electron chi connectivity index (χ0n) is 12.5. The van der Waals surface area contributed by atoms with Gasteiger partial charge in [-0.15, -0.1) is 0 Å². The van der Waals surface area contributed by atoms with Crippen molar-refractivity contribution < 1.29 is 9.90 Å². The van der Waals surface area contributed by atoms with Crippen molar-refractivity contribution in [2.75, 3.05) is 18.5 Å². The molecule has 1 aromatic heterocycles. The SMILES string of the molecule is O=Cn1nc(-c2ccccc2)c(-c2ccccc2)c1NCCO. The number of anilines is 1. The van der Waals surface area contributed by atoms with Gasteiger partial charge in [-0.1, -0.05) is 60.7 Å². The lowest BCUT2D eigenvalue weighted by molar-refractivity contribution is 0.311. The maximum absolute atomic E-state index is 11.4. The summed E-state index contributed by atoms with van der Waals surface area (Å²) in [5.74, 6) is 0.583. The highest BCUT2D eigenvalue weighted by Crippen LogP contribution is 2.37. The number of nitrogens with zero attached hydrogens (tertiary/aromatic N) is 2. The van der Waals surface area contributed by atoms with E-state index in [9.17, 15) is 4.79 Å². The molecule has 0 radical (unpaired) electrons. The van der Waals surface area contributed by atoms with Crippen LogP contribution in [0.4, 0.5) is 5.82 Å². The topological polar surface area (TPSA) is 67.2 Å². The smallest absolute Gasteiger partial charge is 0.236 e. The molecule has 5 heteroatoms. The third-order valence-corrected chi connectivity index (χ3v) is 3.52. The minimum atomic E-state index is -0.0288. The van der Waals surface area contributed by atoms with Gasteiger partial charge in [-0.2, -0.15) is 9.78 Å². The Morgan fingerprint density at radius 1 is 1.00 bits per heavy atom. The van der Waals surface area contributed by atoms with E-state index in [1.807, 2.05) is 60.7 Å². The molecule has 5 nitrogen and oxygen atoms in total. The monoisotopic (exact) mass is 307 g/mol. The molecule has 23 heavy (non-hydrogen) atoms. The molecule has 116 valence electrons. The quantitative estimate of drug-likeness (QED) is 0.687. The van der Waals surface area contributed by atoms with Crippen LogP contribution in [0.2, 0.25) is 0 Å². The fraction of sp³-hybridized carbons (Fsp3) is 0.111. The average Bonchev–Trinajstić information content (AvgIpc) is 3.00. The first kappa shape index (κ1) is 15.0. The summed E-state index contributed by atoms with van der Waals surface area (Å²) in [5, 5.41) is 16.6. The molecule has 1 heterocycles. The van der Waals surface area contributed by atoms with Crippen molar-refractivity contribution in [2.45, 2.75) is 0 Å². The van der Waals surface area contributed by atoms with E-state index in [2.05, 4.69) is 10.4 Å². The number of hydrogen-bond acceptors (Lipinski definition) is 4. The Balaban J connectivity index is 2.23. The van der Waals surface area contributed by atoms with Gasteiger partial charge in [-0.05, 0) is 5.56 Å². The second-order valence-corrected chi connectivity index (χ2v) is 5.00. The number of nitrogens with one attached hydrogen (secondary N) is 1. The Morgan fingerprint density at radius 2 is 1.61 bits per heavy atom. The van der Waals surface area contributed by atoms with Crippen LogP contribution in [0.15, 0.2) is 60.7 Å². The maximum atomic E-state index is 11.4. The third kappa shape index (κ3) is 3.00. The lowest BCUT2D eigenvalue weighted by atomic mass is 10.0. The predicted molar refractivity (Wildman–Crippen MR) is 90.8 cm³/mol. The molecule has 0 saturated heterocycles. The molecular formula is C18H17N3O2. The number of hydrogen-bond donors (Lipinski definition) is 2. The largest absolute Gasteiger partial charge is 0.395 e. The zero-order valence-corrected chi connectivity index (χ0v) is 12.5. The van der Waals surface area contributed by atoms with Crippen molar-refractivity contribution in [3.63, 3.8) is 0 Å². The Morgan fingerprint density at radius 3 is 2.17 bits per heavy atom. The first-order chi connectivity index (χ1) is 11.3. The second-order valence-electron chi connectivity index (χ2n) is 5.00. The maximum Gasteiger partial charge on any atom is 0.236 e. The molecule has 0 spiro atoms. The van der Waals surface area contributed by atoms with Crippen LogP contribution in [0.3, 0.4) is 0 Å². The fourth-order valence-electron chi connectivity index (χ4n) is 2.53.